The Morgan fingerprint density at radius 1 is 1.11 bits per heavy atom. The number of rotatable bonds is 5. The second-order valence-corrected chi connectivity index (χ2v) is 6.85. The molecule has 0 unspecified atom stereocenters. The van der Waals surface area contributed by atoms with E-state index in [1.165, 1.54) is 14.2 Å². The van der Waals surface area contributed by atoms with Crippen molar-refractivity contribution >= 4 is 11.8 Å². The molecule has 2 aliphatic rings. The van der Waals surface area contributed by atoms with Crippen molar-refractivity contribution in [2.75, 3.05) is 40.5 Å². The molecule has 8 nitrogen and oxygen atoms in total. The second kappa shape index (κ2) is 8.58. The third-order valence-electron chi connectivity index (χ3n) is 5.13. The Morgan fingerprint density at radius 3 is 2.33 bits per heavy atom. The summed E-state index contributed by atoms with van der Waals surface area (Å²) < 4.78 is 15.6. The Bertz CT molecular complexity index is 667. The summed E-state index contributed by atoms with van der Waals surface area (Å²) >= 11 is 0. The minimum atomic E-state index is -0.753. The van der Waals surface area contributed by atoms with Crippen LogP contribution in [0.5, 0.6) is 11.5 Å². The van der Waals surface area contributed by atoms with Gasteiger partial charge in [-0.2, -0.15) is 0 Å². The van der Waals surface area contributed by atoms with E-state index in [9.17, 15) is 14.7 Å². The average Bonchev–Trinajstić information content (AvgIpc) is 3.07. The van der Waals surface area contributed by atoms with Gasteiger partial charge >= 0.3 is 0 Å². The van der Waals surface area contributed by atoms with E-state index in [0.29, 0.717) is 56.2 Å². The van der Waals surface area contributed by atoms with Crippen LogP contribution in [0.2, 0.25) is 0 Å². The van der Waals surface area contributed by atoms with Crippen molar-refractivity contribution < 1.29 is 28.9 Å². The Morgan fingerprint density at radius 2 is 1.74 bits per heavy atom. The molecular formula is C19H26N2O6. The molecule has 27 heavy (non-hydrogen) atoms. The Kier molecular flexibility index (Phi) is 6.18. The lowest BCUT2D eigenvalue weighted by Crippen LogP contribution is -2.43. The molecule has 1 aromatic rings. The number of aliphatic hydroxyl groups excluding tert-OH is 1. The summed E-state index contributed by atoms with van der Waals surface area (Å²) in [5.74, 6) is 0.412. The number of methoxy groups -OCH3 is 2. The van der Waals surface area contributed by atoms with Crippen LogP contribution < -0.4 is 14.8 Å². The lowest BCUT2D eigenvalue weighted by molar-refractivity contribution is -0.139. The monoisotopic (exact) mass is 378 g/mol. The molecule has 1 saturated carbocycles. The molecule has 1 saturated heterocycles. The third kappa shape index (κ3) is 4.51. The standard InChI is InChI=1S/C19H26N2O6/c1-25-14-7-12(8-15(11-14)26-2)18(23)20-16-9-13(10-17(16)22)19(24)21-3-5-27-6-4-21/h7-8,11,13,16-17,22H,3-6,9-10H2,1-2H3,(H,20,23)/t13-,16-,17-/m0/s1. The highest BCUT2D eigenvalue weighted by Gasteiger charge is 2.39. The number of carbonyl (C=O) groups excluding carboxylic acids is 2. The number of benzene rings is 1. The quantitative estimate of drug-likeness (QED) is 0.771. The molecule has 8 heteroatoms. The minimum absolute atomic E-state index is 0.0251. The SMILES string of the molecule is COc1cc(OC)cc(C(=O)N[C@H]2C[C@H](C(=O)N3CCOCC3)C[C@@H]2O)c1. The number of nitrogens with zero attached hydrogens (tertiary/aromatic N) is 1. The molecule has 2 fully saturated rings. The highest BCUT2D eigenvalue weighted by molar-refractivity contribution is 5.95. The van der Waals surface area contributed by atoms with Crippen LogP contribution in [0.1, 0.15) is 23.2 Å². The number of hydrogen-bond acceptors (Lipinski definition) is 6. The summed E-state index contributed by atoms with van der Waals surface area (Å²) in [6.07, 6.45) is 0.0173. The Balaban J connectivity index is 1.63. The predicted molar refractivity (Wildman–Crippen MR) is 96.9 cm³/mol. The first-order valence-electron chi connectivity index (χ1n) is 9.10. The van der Waals surface area contributed by atoms with E-state index < -0.39 is 12.1 Å². The number of morpholine rings is 1. The number of amides is 2. The van der Waals surface area contributed by atoms with E-state index in [0.717, 1.165) is 0 Å². The van der Waals surface area contributed by atoms with Crippen LogP contribution in [0, 0.1) is 5.92 Å². The molecule has 1 aliphatic carbocycles. The number of aliphatic hydroxyl groups is 1. The van der Waals surface area contributed by atoms with E-state index in [2.05, 4.69) is 5.32 Å². The summed E-state index contributed by atoms with van der Waals surface area (Å²) in [6, 6.07) is 4.42. The molecule has 0 bridgehead atoms. The molecule has 148 valence electrons. The summed E-state index contributed by atoms with van der Waals surface area (Å²) in [6.45, 7) is 2.23. The first-order chi connectivity index (χ1) is 13.0. The highest BCUT2D eigenvalue weighted by atomic mass is 16.5. The topological polar surface area (TPSA) is 97.3 Å². The van der Waals surface area contributed by atoms with Crippen molar-refractivity contribution in [3.05, 3.63) is 23.8 Å². The Labute approximate surface area is 158 Å². The molecule has 1 aliphatic heterocycles. The molecule has 0 aromatic heterocycles. The van der Waals surface area contributed by atoms with E-state index >= 15 is 0 Å². The van der Waals surface area contributed by atoms with Gasteiger partial charge < -0.3 is 29.5 Å². The van der Waals surface area contributed by atoms with Gasteiger partial charge in [-0.1, -0.05) is 0 Å². The van der Waals surface area contributed by atoms with Crippen LogP contribution in [-0.2, 0) is 9.53 Å². The summed E-state index contributed by atoms with van der Waals surface area (Å²) in [4.78, 5) is 27.0. The number of hydrogen-bond donors (Lipinski definition) is 2. The zero-order chi connectivity index (χ0) is 19.4. The van der Waals surface area contributed by atoms with E-state index in [1.54, 1.807) is 23.1 Å². The first-order valence-corrected chi connectivity index (χ1v) is 9.10. The second-order valence-electron chi connectivity index (χ2n) is 6.85. The molecule has 2 N–H and O–H groups in total. The van der Waals surface area contributed by atoms with Crippen molar-refractivity contribution in [3.63, 3.8) is 0 Å². The number of nitrogens with one attached hydrogen (secondary N) is 1. The van der Waals surface area contributed by atoms with Crippen LogP contribution in [0.15, 0.2) is 18.2 Å². The highest BCUT2D eigenvalue weighted by Crippen LogP contribution is 2.29. The van der Waals surface area contributed by atoms with E-state index in [4.69, 9.17) is 14.2 Å². The number of carbonyl (C=O) groups is 2. The average molecular weight is 378 g/mol. The van der Waals surface area contributed by atoms with Crippen LogP contribution in [-0.4, -0.2) is 74.5 Å². The smallest absolute Gasteiger partial charge is 0.251 e. The molecular weight excluding hydrogens is 352 g/mol. The van der Waals surface area contributed by atoms with Gasteiger partial charge in [-0.3, -0.25) is 9.59 Å². The summed E-state index contributed by atoms with van der Waals surface area (Å²) in [7, 11) is 3.03. The van der Waals surface area contributed by atoms with E-state index in [-0.39, 0.29) is 17.7 Å². The summed E-state index contributed by atoms with van der Waals surface area (Å²) in [5, 5.41) is 13.2. The van der Waals surface area contributed by atoms with Crippen molar-refractivity contribution in [2.24, 2.45) is 5.92 Å². The van der Waals surface area contributed by atoms with Crippen LogP contribution in [0.4, 0.5) is 0 Å². The molecule has 3 atom stereocenters. The number of ether oxygens (including phenoxy) is 3. The predicted octanol–water partition coefficient (Wildman–Crippen LogP) is 0.432. The van der Waals surface area contributed by atoms with Gasteiger partial charge in [0.1, 0.15) is 11.5 Å². The van der Waals surface area contributed by atoms with Gasteiger partial charge in [0.15, 0.2) is 0 Å². The van der Waals surface area contributed by atoms with Crippen LogP contribution >= 0.6 is 0 Å². The molecule has 1 heterocycles. The van der Waals surface area contributed by atoms with Crippen LogP contribution in [0.3, 0.4) is 0 Å². The largest absolute Gasteiger partial charge is 0.497 e. The van der Waals surface area contributed by atoms with E-state index in [1.807, 2.05) is 0 Å². The van der Waals surface area contributed by atoms with Gasteiger partial charge in [0.25, 0.3) is 5.91 Å². The van der Waals surface area contributed by atoms with Gasteiger partial charge in [-0.15, -0.1) is 0 Å². The lowest BCUT2D eigenvalue weighted by atomic mass is 10.1. The third-order valence-corrected chi connectivity index (χ3v) is 5.13. The van der Waals surface area contributed by atoms with Gasteiger partial charge in [0.2, 0.25) is 5.91 Å². The molecule has 2 amide bonds. The Hall–Kier alpha value is -2.32. The van der Waals surface area contributed by atoms with Crippen molar-refractivity contribution in [2.45, 2.75) is 25.0 Å². The van der Waals surface area contributed by atoms with Crippen molar-refractivity contribution in [1.82, 2.24) is 10.2 Å². The van der Waals surface area contributed by atoms with Crippen molar-refractivity contribution in [1.29, 1.82) is 0 Å². The fourth-order valence-electron chi connectivity index (χ4n) is 3.60. The fraction of sp³-hybridized carbons (Fsp3) is 0.579. The van der Waals surface area contributed by atoms with Gasteiger partial charge in [0, 0.05) is 30.6 Å². The normalized spacial score (nSPS) is 25.1. The maximum Gasteiger partial charge on any atom is 0.251 e. The zero-order valence-corrected chi connectivity index (χ0v) is 15.6. The van der Waals surface area contributed by atoms with Crippen molar-refractivity contribution in [3.8, 4) is 11.5 Å². The van der Waals surface area contributed by atoms with Gasteiger partial charge in [-0.25, -0.2) is 0 Å². The molecule has 0 spiro atoms. The zero-order valence-electron chi connectivity index (χ0n) is 15.6. The lowest BCUT2D eigenvalue weighted by Gasteiger charge is -2.29. The van der Waals surface area contributed by atoms with Gasteiger partial charge in [-0.05, 0) is 25.0 Å². The molecule has 3 rings (SSSR count). The fourth-order valence-corrected chi connectivity index (χ4v) is 3.60. The first kappa shape index (κ1) is 19.4. The van der Waals surface area contributed by atoms with Crippen LogP contribution in [0.25, 0.3) is 0 Å². The summed E-state index contributed by atoms with van der Waals surface area (Å²) in [5.41, 5.74) is 0.376. The molecule has 1 aromatic carbocycles. The minimum Gasteiger partial charge on any atom is -0.497 e. The molecule has 0 radical (unpaired) electrons. The van der Waals surface area contributed by atoms with Gasteiger partial charge in [0.05, 0.1) is 39.6 Å². The maximum absolute atomic E-state index is 12.6. The maximum atomic E-state index is 12.6.